The highest BCUT2D eigenvalue weighted by molar-refractivity contribution is 5.30. The first kappa shape index (κ1) is 10.8. The van der Waals surface area contributed by atoms with Gasteiger partial charge in [0.15, 0.2) is 0 Å². The minimum atomic E-state index is -0.637. The summed E-state index contributed by atoms with van der Waals surface area (Å²) in [6.45, 7) is 0.430. The van der Waals surface area contributed by atoms with Crippen LogP contribution in [0.2, 0.25) is 0 Å². The largest absolute Gasteiger partial charge is 0.387 e. The first-order valence-electron chi connectivity index (χ1n) is 5.17. The van der Waals surface area contributed by atoms with Crippen molar-refractivity contribution < 1.29 is 5.11 Å². The van der Waals surface area contributed by atoms with Crippen LogP contribution in [0, 0.1) is 0 Å². The molecule has 0 amide bonds. The number of para-hydroxylation sites is 1. The monoisotopic (exact) mass is 218 g/mol. The molecule has 0 aliphatic carbocycles. The number of hydrogen-bond acceptors (Lipinski definition) is 4. The molecule has 0 bridgehead atoms. The summed E-state index contributed by atoms with van der Waals surface area (Å²) in [5.74, 6) is 0. The number of aromatic nitrogens is 3. The van der Waals surface area contributed by atoms with Crippen LogP contribution in [0.5, 0.6) is 0 Å². The van der Waals surface area contributed by atoms with Crippen LogP contribution in [0.25, 0.3) is 5.69 Å². The molecule has 5 heteroatoms. The summed E-state index contributed by atoms with van der Waals surface area (Å²) >= 11 is 0. The van der Waals surface area contributed by atoms with Gasteiger partial charge in [-0.05, 0) is 25.1 Å². The molecule has 0 aliphatic heterocycles. The van der Waals surface area contributed by atoms with E-state index in [-0.39, 0.29) is 0 Å². The van der Waals surface area contributed by atoms with E-state index in [0.29, 0.717) is 18.7 Å². The molecule has 1 aromatic carbocycles. The molecule has 1 heterocycles. The van der Waals surface area contributed by atoms with E-state index in [1.807, 2.05) is 30.3 Å². The van der Waals surface area contributed by atoms with Gasteiger partial charge in [0.2, 0.25) is 0 Å². The van der Waals surface area contributed by atoms with Gasteiger partial charge in [-0.1, -0.05) is 23.4 Å². The summed E-state index contributed by atoms with van der Waals surface area (Å²) in [6.07, 6.45) is 1.57. The zero-order chi connectivity index (χ0) is 11.4. The number of benzene rings is 1. The van der Waals surface area contributed by atoms with Gasteiger partial charge in [0, 0.05) is 0 Å². The third-order valence-electron chi connectivity index (χ3n) is 2.31. The maximum absolute atomic E-state index is 9.68. The molecule has 0 saturated carbocycles. The number of nitrogens with two attached hydrogens (primary N) is 1. The van der Waals surface area contributed by atoms with Crippen molar-refractivity contribution in [2.75, 3.05) is 6.54 Å². The molecule has 16 heavy (non-hydrogen) atoms. The third kappa shape index (κ3) is 2.26. The summed E-state index contributed by atoms with van der Waals surface area (Å²) in [5, 5.41) is 17.6. The smallest absolute Gasteiger partial charge is 0.112 e. The van der Waals surface area contributed by atoms with Crippen molar-refractivity contribution in [1.29, 1.82) is 0 Å². The number of hydrogen-bond donors (Lipinski definition) is 2. The minimum absolute atomic E-state index is 0.430. The molecule has 3 N–H and O–H groups in total. The normalized spacial score (nSPS) is 12.6. The average Bonchev–Trinajstić information content (AvgIpc) is 2.80. The SMILES string of the molecule is NCC[C@H](O)c1cn(-c2ccccc2)nn1. The summed E-state index contributed by atoms with van der Waals surface area (Å²) in [7, 11) is 0. The average molecular weight is 218 g/mol. The third-order valence-corrected chi connectivity index (χ3v) is 2.31. The Morgan fingerprint density at radius 1 is 1.31 bits per heavy atom. The first-order chi connectivity index (χ1) is 7.81. The Morgan fingerprint density at radius 3 is 2.75 bits per heavy atom. The van der Waals surface area contributed by atoms with E-state index >= 15 is 0 Å². The number of nitrogens with zero attached hydrogens (tertiary/aromatic N) is 3. The molecule has 0 saturated heterocycles. The highest BCUT2D eigenvalue weighted by Crippen LogP contribution is 2.14. The van der Waals surface area contributed by atoms with Gasteiger partial charge in [0.25, 0.3) is 0 Å². The second kappa shape index (κ2) is 4.87. The topological polar surface area (TPSA) is 77.0 Å². The van der Waals surface area contributed by atoms with E-state index in [4.69, 9.17) is 5.73 Å². The van der Waals surface area contributed by atoms with Gasteiger partial charge in [-0.3, -0.25) is 0 Å². The van der Waals surface area contributed by atoms with Crippen LogP contribution in [-0.4, -0.2) is 26.6 Å². The van der Waals surface area contributed by atoms with Crippen molar-refractivity contribution in [3.63, 3.8) is 0 Å². The minimum Gasteiger partial charge on any atom is -0.387 e. The van der Waals surface area contributed by atoms with Crippen LogP contribution in [0.15, 0.2) is 36.5 Å². The van der Waals surface area contributed by atoms with E-state index in [1.54, 1.807) is 10.9 Å². The van der Waals surface area contributed by atoms with Gasteiger partial charge in [0.1, 0.15) is 11.8 Å². The predicted molar refractivity (Wildman–Crippen MR) is 60.0 cm³/mol. The maximum Gasteiger partial charge on any atom is 0.112 e. The molecule has 5 nitrogen and oxygen atoms in total. The van der Waals surface area contributed by atoms with Crippen LogP contribution < -0.4 is 5.73 Å². The summed E-state index contributed by atoms with van der Waals surface area (Å²) in [4.78, 5) is 0. The van der Waals surface area contributed by atoms with Crippen molar-refractivity contribution >= 4 is 0 Å². The van der Waals surface area contributed by atoms with Crippen molar-refractivity contribution in [2.24, 2.45) is 5.73 Å². The Balaban J connectivity index is 2.20. The molecular formula is C11H14N4O. The maximum atomic E-state index is 9.68. The second-order valence-corrected chi connectivity index (χ2v) is 3.52. The fourth-order valence-electron chi connectivity index (χ4n) is 1.44. The van der Waals surface area contributed by atoms with Gasteiger partial charge in [-0.25, -0.2) is 4.68 Å². The van der Waals surface area contributed by atoms with Crippen molar-refractivity contribution in [2.45, 2.75) is 12.5 Å². The van der Waals surface area contributed by atoms with E-state index < -0.39 is 6.10 Å². The molecule has 1 aromatic heterocycles. The Bertz CT molecular complexity index is 440. The molecule has 0 spiro atoms. The number of aliphatic hydroxyl groups is 1. The molecule has 0 unspecified atom stereocenters. The first-order valence-corrected chi connectivity index (χ1v) is 5.17. The summed E-state index contributed by atoms with van der Waals surface area (Å²) < 4.78 is 1.63. The molecule has 0 aliphatic rings. The zero-order valence-electron chi connectivity index (χ0n) is 8.82. The lowest BCUT2D eigenvalue weighted by atomic mass is 10.2. The molecule has 2 rings (SSSR count). The van der Waals surface area contributed by atoms with Crippen molar-refractivity contribution in [3.8, 4) is 5.69 Å². The molecule has 1 atom stereocenters. The Kier molecular flexibility index (Phi) is 3.28. The standard InChI is InChI=1S/C11H14N4O/c12-7-6-11(16)10-8-15(14-13-10)9-4-2-1-3-5-9/h1-5,8,11,16H,6-7,12H2/t11-/m0/s1. The zero-order valence-corrected chi connectivity index (χ0v) is 8.82. The Hall–Kier alpha value is -1.72. The predicted octanol–water partition coefficient (Wildman–Crippen LogP) is 0.650. The molecule has 0 radical (unpaired) electrons. The van der Waals surface area contributed by atoms with Crippen LogP contribution >= 0.6 is 0 Å². The number of rotatable bonds is 4. The van der Waals surface area contributed by atoms with Crippen molar-refractivity contribution in [1.82, 2.24) is 15.0 Å². The van der Waals surface area contributed by atoms with Crippen LogP contribution in [0.3, 0.4) is 0 Å². The lowest BCUT2D eigenvalue weighted by molar-refractivity contribution is 0.165. The fourth-order valence-corrected chi connectivity index (χ4v) is 1.44. The number of aliphatic hydroxyl groups excluding tert-OH is 1. The van der Waals surface area contributed by atoms with Crippen LogP contribution in [0.4, 0.5) is 0 Å². The second-order valence-electron chi connectivity index (χ2n) is 3.52. The fraction of sp³-hybridized carbons (Fsp3) is 0.273. The van der Waals surface area contributed by atoms with Crippen LogP contribution in [-0.2, 0) is 0 Å². The van der Waals surface area contributed by atoms with Gasteiger partial charge in [-0.15, -0.1) is 5.10 Å². The van der Waals surface area contributed by atoms with E-state index in [2.05, 4.69) is 10.3 Å². The Morgan fingerprint density at radius 2 is 2.06 bits per heavy atom. The van der Waals surface area contributed by atoms with Gasteiger partial charge < -0.3 is 10.8 Å². The Labute approximate surface area is 93.5 Å². The van der Waals surface area contributed by atoms with E-state index in [1.165, 1.54) is 0 Å². The molecular weight excluding hydrogens is 204 g/mol. The summed E-state index contributed by atoms with van der Waals surface area (Å²) in [5.41, 5.74) is 6.84. The molecule has 84 valence electrons. The van der Waals surface area contributed by atoms with Gasteiger partial charge >= 0.3 is 0 Å². The van der Waals surface area contributed by atoms with Crippen molar-refractivity contribution in [3.05, 3.63) is 42.2 Å². The summed E-state index contributed by atoms with van der Waals surface area (Å²) in [6, 6.07) is 9.63. The van der Waals surface area contributed by atoms with E-state index in [0.717, 1.165) is 5.69 Å². The van der Waals surface area contributed by atoms with Gasteiger partial charge in [-0.2, -0.15) is 0 Å². The highest BCUT2D eigenvalue weighted by Gasteiger charge is 2.11. The molecule has 2 aromatic rings. The lowest BCUT2D eigenvalue weighted by Gasteiger charge is -2.03. The van der Waals surface area contributed by atoms with Crippen LogP contribution in [0.1, 0.15) is 18.2 Å². The van der Waals surface area contributed by atoms with Gasteiger partial charge in [0.05, 0.1) is 11.9 Å². The quantitative estimate of drug-likeness (QED) is 0.790. The molecule has 0 fully saturated rings. The highest BCUT2D eigenvalue weighted by atomic mass is 16.3. The lowest BCUT2D eigenvalue weighted by Crippen LogP contribution is -2.06. The van der Waals surface area contributed by atoms with E-state index in [9.17, 15) is 5.11 Å².